The second-order valence-electron chi connectivity index (χ2n) is 5.13. The fourth-order valence-corrected chi connectivity index (χ4v) is 2.53. The van der Waals surface area contributed by atoms with Crippen molar-refractivity contribution in [3.05, 3.63) is 35.1 Å². The third-order valence-corrected chi connectivity index (χ3v) is 3.63. The first-order chi connectivity index (χ1) is 10.1. The topological polar surface area (TPSA) is 47.7 Å². The van der Waals surface area contributed by atoms with Gasteiger partial charge in [0.2, 0.25) is 0 Å². The average molecular weight is 298 g/mol. The van der Waals surface area contributed by atoms with Crippen molar-refractivity contribution >= 4 is 0 Å². The van der Waals surface area contributed by atoms with Crippen molar-refractivity contribution in [2.75, 3.05) is 47.1 Å². The second-order valence-corrected chi connectivity index (χ2v) is 5.13. The zero-order valence-electron chi connectivity index (χ0n) is 13.3. The summed E-state index contributed by atoms with van der Waals surface area (Å²) in [5, 5.41) is 0. The number of hydrogen-bond donors (Lipinski definition) is 1. The van der Waals surface area contributed by atoms with E-state index in [1.807, 2.05) is 13.0 Å². The molecule has 5 heteroatoms. The number of rotatable bonds is 10. The Bertz CT molecular complexity index is 415. The lowest BCUT2D eigenvalue weighted by molar-refractivity contribution is 0.108. The molecule has 0 aliphatic rings. The van der Waals surface area contributed by atoms with Crippen LogP contribution in [0.25, 0.3) is 0 Å². The standard InChI is InChI=1S/C16H27FN2O2/c1-13-11-14(17)5-6-15(13)16(12-18)19(8-10-21-3)7-4-9-20-2/h5-6,11,16H,4,7-10,12,18H2,1-3H3. The summed E-state index contributed by atoms with van der Waals surface area (Å²) >= 11 is 0. The van der Waals surface area contributed by atoms with E-state index >= 15 is 0 Å². The Balaban J connectivity index is 2.87. The molecule has 0 aliphatic heterocycles. The molecule has 2 N–H and O–H groups in total. The lowest BCUT2D eigenvalue weighted by Gasteiger charge is -2.32. The van der Waals surface area contributed by atoms with Crippen LogP contribution in [0.3, 0.4) is 0 Å². The van der Waals surface area contributed by atoms with Crippen molar-refractivity contribution in [3.63, 3.8) is 0 Å². The Morgan fingerprint density at radius 1 is 1.19 bits per heavy atom. The molecular weight excluding hydrogens is 271 g/mol. The molecule has 0 bridgehead atoms. The summed E-state index contributed by atoms with van der Waals surface area (Å²) in [6, 6.07) is 4.95. The van der Waals surface area contributed by atoms with Crippen molar-refractivity contribution in [2.45, 2.75) is 19.4 Å². The van der Waals surface area contributed by atoms with E-state index in [1.165, 1.54) is 6.07 Å². The predicted molar refractivity (Wildman–Crippen MR) is 82.9 cm³/mol. The molecule has 4 nitrogen and oxygen atoms in total. The number of nitrogens with zero attached hydrogens (tertiary/aromatic N) is 1. The Hall–Kier alpha value is -1.01. The molecule has 21 heavy (non-hydrogen) atoms. The minimum Gasteiger partial charge on any atom is -0.385 e. The number of hydrogen-bond acceptors (Lipinski definition) is 4. The van der Waals surface area contributed by atoms with E-state index in [4.69, 9.17) is 15.2 Å². The van der Waals surface area contributed by atoms with Crippen LogP contribution in [0, 0.1) is 12.7 Å². The Labute approximate surface area is 127 Å². The maximum Gasteiger partial charge on any atom is 0.123 e. The molecule has 1 unspecified atom stereocenters. The monoisotopic (exact) mass is 298 g/mol. The number of halogens is 1. The third kappa shape index (κ3) is 5.71. The van der Waals surface area contributed by atoms with E-state index in [1.54, 1.807) is 20.3 Å². The van der Waals surface area contributed by atoms with Gasteiger partial charge in [-0.05, 0) is 36.6 Å². The van der Waals surface area contributed by atoms with Gasteiger partial charge in [0.15, 0.2) is 0 Å². The molecule has 0 saturated carbocycles. The van der Waals surface area contributed by atoms with E-state index in [0.29, 0.717) is 19.8 Å². The molecule has 0 saturated heterocycles. The first kappa shape index (κ1) is 18.0. The first-order valence-corrected chi connectivity index (χ1v) is 7.32. The molecule has 0 aromatic heterocycles. The summed E-state index contributed by atoms with van der Waals surface area (Å²) in [6.07, 6.45) is 0.928. The fraction of sp³-hybridized carbons (Fsp3) is 0.625. The van der Waals surface area contributed by atoms with E-state index in [-0.39, 0.29) is 11.9 Å². The molecule has 0 aliphatic carbocycles. The van der Waals surface area contributed by atoms with Crippen molar-refractivity contribution in [1.29, 1.82) is 0 Å². The molecule has 0 amide bonds. The van der Waals surface area contributed by atoms with Gasteiger partial charge in [-0.25, -0.2) is 4.39 Å². The third-order valence-electron chi connectivity index (χ3n) is 3.63. The highest BCUT2D eigenvalue weighted by molar-refractivity contribution is 5.30. The van der Waals surface area contributed by atoms with Gasteiger partial charge in [0, 0.05) is 46.5 Å². The number of nitrogens with two attached hydrogens (primary N) is 1. The highest BCUT2D eigenvalue weighted by Gasteiger charge is 2.20. The summed E-state index contributed by atoms with van der Waals surface area (Å²) in [4.78, 5) is 2.28. The van der Waals surface area contributed by atoms with Gasteiger partial charge in [-0.2, -0.15) is 0 Å². The number of benzene rings is 1. The lowest BCUT2D eigenvalue weighted by Crippen LogP contribution is -2.37. The molecule has 0 spiro atoms. The van der Waals surface area contributed by atoms with E-state index in [2.05, 4.69) is 4.90 Å². The quantitative estimate of drug-likeness (QED) is 0.672. The summed E-state index contributed by atoms with van der Waals surface area (Å²) < 4.78 is 23.6. The van der Waals surface area contributed by atoms with Crippen LogP contribution in [0.5, 0.6) is 0 Å². The number of aryl methyl sites for hydroxylation is 1. The van der Waals surface area contributed by atoms with E-state index in [0.717, 1.165) is 30.6 Å². The molecule has 1 aromatic rings. The van der Waals surface area contributed by atoms with Gasteiger partial charge in [0.05, 0.1) is 6.61 Å². The summed E-state index contributed by atoms with van der Waals surface area (Å²) in [5.41, 5.74) is 7.99. The molecule has 1 rings (SSSR count). The Kier molecular flexibility index (Phi) is 8.45. The zero-order chi connectivity index (χ0) is 15.7. The highest BCUT2D eigenvalue weighted by atomic mass is 19.1. The summed E-state index contributed by atoms with van der Waals surface area (Å²) in [7, 11) is 3.39. The molecule has 120 valence electrons. The van der Waals surface area contributed by atoms with Crippen molar-refractivity contribution < 1.29 is 13.9 Å². The SMILES string of the molecule is COCCCN(CCOC)C(CN)c1ccc(F)cc1C. The predicted octanol–water partition coefficient (Wildman–Crippen LogP) is 2.12. The fourth-order valence-electron chi connectivity index (χ4n) is 2.53. The smallest absolute Gasteiger partial charge is 0.123 e. The van der Waals surface area contributed by atoms with Gasteiger partial charge >= 0.3 is 0 Å². The maximum atomic E-state index is 13.3. The molecule has 1 aromatic carbocycles. The minimum absolute atomic E-state index is 0.0672. The molecule has 0 fully saturated rings. The maximum absolute atomic E-state index is 13.3. The van der Waals surface area contributed by atoms with Crippen molar-refractivity contribution in [1.82, 2.24) is 4.90 Å². The summed E-state index contributed by atoms with van der Waals surface area (Å²) in [5.74, 6) is -0.213. The Morgan fingerprint density at radius 3 is 2.48 bits per heavy atom. The van der Waals surface area contributed by atoms with E-state index < -0.39 is 0 Å². The average Bonchev–Trinajstić information content (AvgIpc) is 2.46. The lowest BCUT2D eigenvalue weighted by atomic mass is 9.99. The molecular formula is C16H27FN2O2. The van der Waals surface area contributed by atoms with Crippen LogP contribution in [0.1, 0.15) is 23.6 Å². The van der Waals surface area contributed by atoms with Gasteiger partial charge in [0.25, 0.3) is 0 Å². The van der Waals surface area contributed by atoms with Gasteiger partial charge in [0.1, 0.15) is 5.82 Å². The highest BCUT2D eigenvalue weighted by Crippen LogP contribution is 2.24. The van der Waals surface area contributed by atoms with Crippen molar-refractivity contribution in [2.24, 2.45) is 5.73 Å². The van der Waals surface area contributed by atoms with Crippen LogP contribution in [0.4, 0.5) is 4.39 Å². The van der Waals surface area contributed by atoms with Crippen LogP contribution in [-0.2, 0) is 9.47 Å². The van der Waals surface area contributed by atoms with Crippen LogP contribution in [0.2, 0.25) is 0 Å². The van der Waals surface area contributed by atoms with Crippen LogP contribution >= 0.6 is 0 Å². The largest absolute Gasteiger partial charge is 0.385 e. The van der Waals surface area contributed by atoms with Crippen LogP contribution in [-0.4, -0.2) is 52.0 Å². The van der Waals surface area contributed by atoms with Gasteiger partial charge in [-0.15, -0.1) is 0 Å². The molecule has 1 atom stereocenters. The van der Waals surface area contributed by atoms with Gasteiger partial charge in [-0.3, -0.25) is 4.90 Å². The van der Waals surface area contributed by atoms with Gasteiger partial charge < -0.3 is 15.2 Å². The summed E-state index contributed by atoms with van der Waals surface area (Å²) in [6.45, 7) is 5.43. The first-order valence-electron chi connectivity index (χ1n) is 7.32. The number of ether oxygens (including phenoxy) is 2. The van der Waals surface area contributed by atoms with E-state index in [9.17, 15) is 4.39 Å². The number of methoxy groups -OCH3 is 2. The second kappa shape index (κ2) is 9.84. The van der Waals surface area contributed by atoms with Crippen LogP contribution in [0.15, 0.2) is 18.2 Å². The minimum atomic E-state index is -0.213. The normalized spacial score (nSPS) is 12.9. The molecule has 0 radical (unpaired) electrons. The molecule has 0 heterocycles. The zero-order valence-corrected chi connectivity index (χ0v) is 13.3. The van der Waals surface area contributed by atoms with Crippen LogP contribution < -0.4 is 5.73 Å². The van der Waals surface area contributed by atoms with Gasteiger partial charge in [-0.1, -0.05) is 6.07 Å². The Morgan fingerprint density at radius 2 is 1.90 bits per heavy atom. The van der Waals surface area contributed by atoms with Crippen molar-refractivity contribution in [3.8, 4) is 0 Å².